The number of hydrogen-bond acceptors (Lipinski definition) is 5. The van der Waals surface area contributed by atoms with Gasteiger partial charge in [-0.1, -0.05) is 37.1 Å². The number of rotatable bonds is 5. The normalized spacial score (nSPS) is 13.4. The van der Waals surface area contributed by atoms with Crippen LogP contribution in [-0.2, 0) is 19.4 Å². The van der Waals surface area contributed by atoms with E-state index in [2.05, 4.69) is 27.0 Å². The molecule has 5 nitrogen and oxygen atoms in total. The molecule has 1 heterocycles. The van der Waals surface area contributed by atoms with Crippen LogP contribution in [-0.4, -0.2) is 12.1 Å². The molecule has 0 unspecified atom stereocenters. The highest BCUT2D eigenvalue weighted by atomic mass is 79.9. The molecule has 1 aliphatic rings. The van der Waals surface area contributed by atoms with Crippen LogP contribution < -0.4 is 15.2 Å². The van der Waals surface area contributed by atoms with Gasteiger partial charge in [0.25, 0.3) is 0 Å². The predicted octanol–water partition coefficient (Wildman–Crippen LogP) is 6.21. The molecule has 0 saturated carbocycles. The van der Waals surface area contributed by atoms with E-state index in [1.54, 1.807) is 7.11 Å². The van der Waals surface area contributed by atoms with Gasteiger partial charge in [-0.3, -0.25) is 0 Å². The Morgan fingerprint density at radius 3 is 2.59 bits per heavy atom. The van der Waals surface area contributed by atoms with Crippen LogP contribution in [0.15, 0.2) is 46.9 Å². The third kappa shape index (κ3) is 4.58. The highest BCUT2D eigenvalue weighted by Gasteiger charge is 2.21. The molecule has 0 radical (unpaired) electrons. The summed E-state index contributed by atoms with van der Waals surface area (Å²) in [7, 11) is 1.65. The van der Waals surface area contributed by atoms with Crippen molar-refractivity contribution in [2.24, 2.45) is 0 Å². The van der Waals surface area contributed by atoms with Crippen LogP contribution in [0.5, 0.6) is 11.5 Å². The molecule has 32 heavy (non-hydrogen) atoms. The summed E-state index contributed by atoms with van der Waals surface area (Å²) < 4.78 is 12.6. The SMILES string of the molecule is COc1cc(-c2c(C#N)c(N)nc3c2CCCCCC3)ccc1COc1ccccc1Br. The summed E-state index contributed by atoms with van der Waals surface area (Å²) in [6, 6.07) is 16.0. The number of para-hydroxylation sites is 1. The van der Waals surface area contributed by atoms with Crippen LogP contribution in [0.4, 0.5) is 5.82 Å². The topological polar surface area (TPSA) is 81.2 Å². The minimum atomic E-state index is 0.308. The lowest BCUT2D eigenvalue weighted by Gasteiger charge is -2.20. The Hall–Kier alpha value is -3.04. The number of nitrogens with zero attached hydrogens (tertiary/aromatic N) is 2. The van der Waals surface area contributed by atoms with E-state index in [-0.39, 0.29) is 0 Å². The average Bonchev–Trinajstić information content (AvgIpc) is 2.79. The van der Waals surface area contributed by atoms with Crippen molar-refractivity contribution in [3.63, 3.8) is 0 Å². The molecule has 4 rings (SSSR count). The van der Waals surface area contributed by atoms with E-state index < -0.39 is 0 Å². The van der Waals surface area contributed by atoms with Crippen molar-refractivity contribution in [2.45, 2.75) is 45.1 Å². The molecule has 0 atom stereocenters. The van der Waals surface area contributed by atoms with E-state index in [0.29, 0.717) is 23.7 Å². The van der Waals surface area contributed by atoms with Crippen LogP contribution in [0, 0.1) is 11.3 Å². The molecule has 3 aromatic rings. The van der Waals surface area contributed by atoms with Crippen molar-refractivity contribution in [2.75, 3.05) is 12.8 Å². The summed E-state index contributed by atoms with van der Waals surface area (Å²) in [6.07, 6.45) is 6.39. The number of benzene rings is 2. The number of aromatic nitrogens is 1. The van der Waals surface area contributed by atoms with Gasteiger partial charge in [0.15, 0.2) is 0 Å². The molecule has 2 aromatic carbocycles. The highest BCUT2D eigenvalue weighted by molar-refractivity contribution is 9.10. The molecule has 164 valence electrons. The van der Waals surface area contributed by atoms with Crippen molar-refractivity contribution in [1.82, 2.24) is 4.98 Å². The lowest BCUT2D eigenvalue weighted by Crippen LogP contribution is -2.10. The molecule has 0 fully saturated rings. The van der Waals surface area contributed by atoms with Gasteiger partial charge in [0.1, 0.15) is 35.6 Å². The van der Waals surface area contributed by atoms with Gasteiger partial charge in [-0.05, 0) is 70.9 Å². The molecule has 0 bridgehead atoms. The van der Waals surface area contributed by atoms with Crippen LogP contribution >= 0.6 is 15.9 Å². The Morgan fingerprint density at radius 2 is 1.84 bits per heavy atom. The zero-order chi connectivity index (χ0) is 22.5. The second kappa shape index (κ2) is 10.1. The van der Waals surface area contributed by atoms with Gasteiger partial charge in [-0.15, -0.1) is 0 Å². The third-order valence-electron chi connectivity index (χ3n) is 5.91. The number of hydrogen-bond donors (Lipinski definition) is 1. The largest absolute Gasteiger partial charge is 0.496 e. The fraction of sp³-hybridized carbons (Fsp3) is 0.308. The van der Waals surface area contributed by atoms with Crippen LogP contribution in [0.25, 0.3) is 11.1 Å². The van der Waals surface area contributed by atoms with Crippen molar-refractivity contribution in [3.8, 4) is 28.7 Å². The molecule has 1 aromatic heterocycles. The minimum absolute atomic E-state index is 0.308. The third-order valence-corrected chi connectivity index (χ3v) is 6.56. The molecule has 0 saturated heterocycles. The van der Waals surface area contributed by atoms with E-state index in [9.17, 15) is 5.26 Å². The quantitative estimate of drug-likeness (QED) is 0.458. The molecule has 0 aliphatic heterocycles. The van der Waals surface area contributed by atoms with Crippen LogP contribution in [0.2, 0.25) is 0 Å². The van der Waals surface area contributed by atoms with Crippen molar-refractivity contribution in [3.05, 3.63) is 69.3 Å². The standard InChI is InChI=1S/C26H26BrN3O2/c1-31-24-14-17(12-13-18(24)16-32-23-11-7-6-9-21(23)27)25-19-8-4-2-3-5-10-22(19)30-26(29)20(25)15-28/h6-7,9,11-14H,2-5,8,10,16H2,1H3,(H2,29,30). The van der Waals surface area contributed by atoms with Crippen LogP contribution in [0.1, 0.15) is 48.1 Å². The molecule has 6 heteroatoms. The molecule has 0 amide bonds. The smallest absolute Gasteiger partial charge is 0.142 e. The summed E-state index contributed by atoms with van der Waals surface area (Å²) >= 11 is 3.51. The number of aryl methyl sites for hydroxylation is 1. The zero-order valence-electron chi connectivity index (χ0n) is 18.2. The Kier molecular flexibility index (Phi) is 6.96. The first kappa shape index (κ1) is 22.2. The molecular weight excluding hydrogens is 466 g/mol. The number of nitrogens with two attached hydrogens (primary N) is 1. The molecule has 2 N–H and O–H groups in total. The van der Waals surface area contributed by atoms with Gasteiger partial charge in [0, 0.05) is 16.8 Å². The van der Waals surface area contributed by atoms with E-state index in [1.807, 2.05) is 42.5 Å². The minimum Gasteiger partial charge on any atom is -0.496 e. The van der Waals surface area contributed by atoms with E-state index >= 15 is 0 Å². The number of fused-ring (bicyclic) bond motifs is 1. The summed E-state index contributed by atoms with van der Waals surface area (Å²) in [5, 5.41) is 9.88. The predicted molar refractivity (Wildman–Crippen MR) is 130 cm³/mol. The van der Waals surface area contributed by atoms with Gasteiger partial charge in [-0.2, -0.15) is 5.26 Å². The molecular formula is C26H26BrN3O2. The number of pyridine rings is 1. The number of anilines is 1. The van der Waals surface area contributed by atoms with E-state index in [4.69, 9.17) is 15.2 Å². The van der Waals surface area contributed by atoms with Gasteiger partial charge >= 0.3 is 0 Å². The highest BCUT2D eigenvalue weighted by Crippen LogP contribution is 2.37. The maximum Gasteiger partial charge on any atom is 0.142 e. The Morgan fingerprint density at radius 1 is 1.06 bits per heavy atom. The molecule has 1 aliphatic carbocycles. The summed E-state index contributed by atoms with van der Waals surface area (Å²) in [6.45, 7) is 0.369. The Labute approximate surface area is 197 Å². The first-order valence-corrected chi connectivity index (χ1v) is 11.7. The fourth-order valence-electron chi connectivity index (χ4n) is 4.28. The maximum atomic E-state index is 9.88. The monoisotopic (exact) mass is 491 g/mol. The first-order chi connectivity index (χ1) is 15.6. The van der Waals surface area contributed by atoms with E-state index in [1.165, 1.54) is 12.8 Å². The zero-order valence-corrected chi connectivity index (χ0v) is 19.7. The summed E-state index contributed by atoms with van der Waals surface area (Å²) in [5.41, 5.74) is 11.6. The molecule has 0 spiro atoms. The number of nitrogen functional groups attached to an aromatic ring is 1. The maximum absolute atomic E-state index is 9.88. The second-order valence-corrected chi connectivity index (χ2v) is 8.80. The van der Waals surface area contributed by atoms with Gasteiger partial charge in [0.2, 0.25) is 0 Å². The van der Waals surface area contributed by atoms with Gasteiger partial charge < -0.3 is 15.2 Å². The number of nitriles is 1. The van der Waals surface area contributed by atoms with Gasteiger partial charge in [0.05, 0.1) is 11.6 Å². The summed E-state index contributed by atoms with van der Waals surface area (Å²) in [4.78, 5) is 4.60. The summed E-state index contributed by atoms with van der Waals surface area (Å²) in [5.74, 6) is 1.80. The van der Waals surface area contributed by atoms with Crippen LogP contribution in [0.3, 0.4) is 0 Å². The number of ether oxygens (including phenoxy) is 2. The Balaban J connectivity index is 1.74. The first-order valence-electron chi connectivity index (χ1n) is 10.9. The lowest BCUT2D eigenvalue weighted by atomic mass is 9.87. The lowest BCUT2D eigenvalue weighted by molar-refractivity contribution is 0.295. The average molecular weight is 492 g/mol. The fourth-order valence-corrected chi connectivity index (χ4v) is 4.68. The van der Waals surface area contributed by atoms with Gasteiger partial charge in [-0.25, -0.2) is 4.98 Å². The van der Waals surface area contributed by atoms with Crippen molar-refractivity contribution in [1.29, 1.82) is 5.26 Å². The second-order valence-electron chi connectivity index (χ2n) is 7.94. The van der Waals surface area contributed by atoms with E-state index in [0.717, 1.165) is 63.9 Å². The number of halogens is 1. The Bertz CT molecular complexity index is 1170. The van der Waals surface area contributed by atoms with Crippen molar-refractivity contribution < 1.29 is 9.47 Å². The number of methoxy groups -OCH3 is 1. The van der Waals surface area contributed by atoms with Crippen molar-refractivity contribution >= 4 is 21.7 Å².